The molecule has 1 saturated heterocycles. The Kier molecular flexibility index (Phi) is 5.14. The fourth-order valence-corrected chi connectivity index (χ4v) is 3.59. The van der Waals surface area contributed by atoms with Gasteiger partial charge in [-0.25, -0.2) is 0 Å². The Morgan fingerprint density at radius 1 is 1.29 bits per heavy atom. The summed E-state index contributed by atoms with van der Waals surface area (Å²) in [4.78, 5) is 30.2. The lowest BCUT2D eigenvalue weighted by molar-refractivity contribution is -0.129. The average Bonchev–Trinajstić information content (AvgIpc) is 2.95. The van der Waals surface area contributed by atoms with Crippen LogP contribution in [0.15, 0.2) is 24.5 Å². The van der Waals surface area contributed by atoms with Crippen LogP contribution in [0.1, 0.15) is 44.1 Å². The molecule has 2 heterocycles. The molecule has 1 saturated carbocycles. The monoisotopic (exact) mass is 331 g/mol. The van der Waals surface area contributed by atoms with Crippen molar-refractivity contribution in [1.82, 2.24) is 15.2 Å². The van der Waals surface area contributed by atoms with E-state index in [1.165, 1.54) is 0 Å². The summed E-state index contributed by atoms with van der Waals surface area (Å²) < 4.78 is 0. The van der Waals surface area contributed by atoms with Gasteiger partial charge < -0.3 is 15.3 Å². The molecule has 6 nitrogen and oxygen atoms in total. The third kappa shape index (κ3) is 4.12. The van der Waals surface area contributed by atoms with E-state index in [0.717, 1.165) is 37.7 Å². The number of hydrogen-bond donors (Lipinski definition) is 2. The number of aliphatic hydroxyl groups is 1. The molecule has 6 heteroatoms. The lowest BCUT2D eigenvalue weighted by Gasteiger charge is -2.32. The minimum atomic E-state index is -0.771. The average molecular weight is 331 g/mol. The Morgan fingerprint density at radius 2 is 2.00 bits per heavy atom. The number of hydrogen-bond acceptors (Lipinski definition) is 4. The molecule has 2 aliphatic rings. The summed E-state index contributed by atoms with van der Waals surface area (Å²) in [5.74, 6) is -0.450. The lowest BCUT2D eigenvalue weighted by atomic mass is 9.85. The van der Waals surface area contributed by atoms with Crippen LogP contribution in [0, 0.1) is 5.92 Å². The van der Waals surface area contributed by atoms with E-state index in [1.807, 2.05) is 12.1 Å². The molecule has 0 unspecified atom stereocenters. The highest BCUT2D eigenvalue weighted by Crippen LogP contribution is 2.27. The fourth-order valence-electron chi connectivity index (χ4n) is 3.59. The van der Waals surface area contributed by atoms with E-state index in [2.05, 4.69) is 10.3 Å². The van der Waals surface area contributed by atoms with Gasteiger partial charge in [0.25, 0.3) is 0 Å². The van der Waals surface area contributed by atoms with Gasteiger partial charge in [-0.3, -0.25) is 14.6 Å². The molecule has 1 aromatic rings. The number of amides is 2. The molecular formula is C18H25N3O3. The molecule has 0 aromatic carbocycles. The fraction of sp³-hybridized carbons (Fsp3) is 0.611. The second kappa shape index (κ2) is 7.30. The molecule has 2 fully saturated rings. The second-order valence-electron chi connectivity index (χ2n) is 7.03. The van der Waals surface area contributed by atoms with Gasteiger partial charge in [0.1, 0.15) is 0 Å². The summed E-state index contributed by atoms with van der Waals surface area (Å²) in [5, 5.41) is 13.3. The SMILES string of the molecule is O=C(NCC1(O)CCCCC1)[C@H]1CC(=O)N(Cc2ccncc2)C1. The molecule has 0 spiro atoms. The van der Waals surface area contributed by atoms with E-state index >= 15 is 0 Å². The molecule has 1 aliphatic heterocycles. The first-order valence-corrected chi connectivity index (χ1v) is 8.72. The minimum Gasteiger partial charge on any atom is -0.388 e. The summed E-state index contributed by atoms with van der Waals surface area (Å²) in [6.07, 6.45) is 8.29. The minimum absolute atomic E-state index is 0.00309. The van der Waals surface area contributed by atoms with Crippen LogP contribution in [-0.4, -0.2) is 45.5 Å². The van der Waals surface area contributed by atoms with Crippen LogP contribution in [0.25, 0.3) is 0 Å². The number of carbonyl (C=O) groups is 2. The first kappa shape index (κ1) is 16.9. The predicted octanol–water partition coefficient (Wildman–Crippen LogP) is 1.24. The van der Waals surface area contributed by atoms with Crippen molar-refractivity contribution in [3.8, 4) is 0 Å². The first-order valence-electron chi connectivity index (χ1n) is 8.72. The van der Waals surface area contributed by atoms with Crippen LogP contribution in [0.4, 0.5) is 0 Å². The quantitative estimate of drug-likeness (QED) is 0.850. The normalized spacial score (nSPS) is 23.3. The number of aromatic nitrogens is 1. The third-order valence-corrected chi connectivity index (χ3v) is 5.08. The van der Waals surface area contributed by atoms with Crippen LogP contribution < -0.4 is 5.32 Å². The van der Waals surface area contributed by atoms with E-state index in [0.29, 0.717) is 19.6 Å². The van der Waals surface area contributed by atoms with Crippen LogP contribution in [0.5, 0.6) is 0 Å². The van der Waals surface area contributed by atoms with Crippen LogP contribution in [0.2, 0.25) is 0 Å². The van der Waals surface area contributed by atoms with Gasteiger partial charge in [0.15, 0.2) is 0 Å². The topological polar surface area (TPSA) is 82.5 Å². The van der Waals surface area contributed by atoms with Gasteiger partial charge in [0.05, 0.1) is 11.5 Å². The lowest BCUT2D eigenvalue weighted by Crippen LogP contribution is -2.46. The summed E-state index contributed by atoms with van der Waals surface area (Å²) in [7, 11) is 0. The van der Waals surface area contributed by atoms with E-state index in [4.69, 9.17) is 0 Å². The Hall–Kier alpha value is -1.95. The molecule has 0 bridgehead atoms. The highest BCUT2D eigenvalue weighted by atomic mass is 16.3. The number of carbonyl (C=O) groups excluding carboxylic acids is 2. The second-order valence-corrected chi connectivity index (χ2v) is 7.03. The molecule has 2 N–H and O–H groups in total. The Morgan fingerprint density at radius 3 is 2.71 bits per heavy atom. The summed E-state index contributed by atoms with van der Waals surface area (Å²) in [5.41, 5.74) is 0.240. The van der Waals surface area contributed by atoms with Gasteiger partial charge >= 0.3 is 0 Å². The van der Waals surface area contributed by atoms with Crippen molar-refractivity contribution in [1.29, 1.82) is 0 Å². The maximum atomic E-state index is 12.4. The van der Waals surface area contributed by atoms with Crippen molar-refractivity contribution in [2.45, 2.75) is 50.7 Å². The van der Waals surface area contributed by atoms with E-state index in [-0.39, 0.29) is 24.2 Å². The van der Waals surface area contributed by atoms with Crippen LogP contribution in [-0.2, 0) is 16.1 Å². The molecule has 130 valence electrons. The maximum absolute atomic E-state index is 12.4. The van der Waals surface area contributed by atoms with Crippen molar-refractivity contribution in [3.63, 3.8) is 0 Å². The van der Waals surface area contributed by atoms with E-state index < -0.39 is 5.60 Å². The van der Waals surface area contributed by atoms with Gasteiger partial charge in [-0.1, -0.05) is 19.3 Å². The van der Waals surface area contributed by atoms with Crippen molar-refractivity contribution in [2.24, 2.45) is 5.92 Å². The van der Waals surface area contributed by atoms with Crippen molar-refractivity contribution in [3.05, 3.63) is 30.1 Å². The first-order chi connectivity index (χ1) is 11.6. The Bertz CT molecular complexity index is 584. The van der Waals surface area contributed by atoms with Gasteiger partial charge in [0, 0.05) is 38.4 Å². The molecule has 1 atom stereocenters. The molecule has 24 heavy (non-hydrogen) atoms. The highest BCUT2D eigenvalue weighted by Gasteiger charge is 2.36. The Balaban J connectivity index is 1.50. The number of pyridine rings is 1. The van der Waals surface area contributed by atoms with Crippen molar-refractivity contribution >= 4 is 11.8 Å². The number of nitrogens with zero attached hydrogens (tertiary/aromatic N) is 2. The largest absolute Gasteiger partial charge is 0.388 e. The van der Waals surface area contributed by atoms with Crippen molar-refractivity contribution < 1.29 is 14.7 Å². The number of rotatable bonds is 5. The molecule has 3 rings (SSSR count). The van der Waals surface area contributed by atoms with Crippen molar-refractivity contribution in [2.75, 3.05) is 13.1 Å². The zero-order valence-corrected chi connectivity index (χ0v) is 13.9. The molecular weight excluding hydrogens is 306 g/mol. The Labute approximate surface area is 142 Å². The number of nitrogens with one attached hydrogen (secondary N) is 1. The van der Waals surface area contributed by atoms with Gasteiger partial charge in [-0.05, 0) is 30.5 Å². The predicted molar refractivity (Wildman–Crippen MR) is 88.8 cm³/mol. The molecule has 0 radical (unpaired) electrons. The summed E-state index contributed by atoms with van der Waals surface area (Å²) in [6, 6.07) is 3.75. The standard InChI is InChI=1S/C18H25N3O3/c22-16-10-15(12-21(16)11-14-4-8-19-9-5-14)17(23)20-13-18(24)6-2-1-3-7-18/h4-5,8-9,15,24H,1-3,6-7,10-13H2,(H,20,23)/t15-/m0/s1. The summed E-state index contributed by atoms with van der Waals surface area (Å²) in [6.45, 7) is 1.24. The van der Waals surface area contributed by atoms with E-state index in [1.54, 1.807) is 17.3 Å². The van der Waals surface area contributed by atoms with E-state index in [9.17, 15) is 14.7 Å². The highest BCUT2D eigenvalue weighted by molar-refractivity contribution is 5.89. The van der Waals surface area contributed by atoms with Gasteiger partial charge in [-0.15, -0.1) is 0 Å². The molecule has 2 amide bonds. The smallest absolute Gasteiger partial charge is 0.225 e. The molecule has 1 aliphatic carbocycles. The van der Waals surface area contributed by atoms with Crippen LogP contribution >= 0.6 is 0 Å². The number of likely N-dealkylation sites (tertiary alicyclic amines) is 1. The van der Waals surface area contributed by atoms with Gasteiger partial charge in [-0.2, -0.15) is 0 Å². The molecule has 1 aromatic heterocycles. The summed E-state index contributed by atoms with van der Waals surface area (Å²) >= 11 is 0. The zero-order valence-electron chi connectivity index (χ0n) is 13.9. The van der Waals surface area contributed by atoms with Gasteiger partial charge in [0.2, 0.25) is 11.8 Å². The third-order valence-electron chi connectivity index (χ3n) is 5.08. The maximum Gasteiger partial charge on any atom is 0.225 e. The zero-order chi connectivity index (χ0) is 17.0. The van der Waals surface area contributed by atoms with Crippen LogP contribution in [0.3, 0.4) is 0 Å².